The highest BCUT2D eigenvalue weighted by Crippen LogP contribution is 2.16. The first-order valence-electron chi connectivity index (χ1n) is 8.70. The number of hydrogen-bond donors (Lipinski definition) is 1. The monoisotopic (exact) mass is 406 g/mol. The maximum atomic E-state index is 12.8. The summed E-state index contributed by atoms with van der Waals surface area (Å²) < 4.78 is 15.2. The number of aromatic nitrogens is 1. The summed E-state index contributed by atoms with van der Waals surface area (Å²) in [4.78, 5) is 40.7. The number of ether oxygens (including phenoxy) is 2. The SMILES string of the molecule is COCCNC(=O)c1coc(CN(CCOC)C(=O)c2cccc([N+](=O)[O-])c2)n1. The van der Waals surface area contributed by atoms with Crippen molar-refractivity contribution < 1.29 is 28.4 Å². The number of nitrogens with zero attached hydrogens (tertiary/aromatic N) is 3. The number of carbonyl (C=O) groups is 2. The van der Waals surface area contributed by atoms with E-state index in [9.17, 15) is 19.7 Å². The van der Waals surface area contributed by atoms with Crippen LogP contribution in [0.3, 0.4) is 0 Å². The molecule has 1 aromatic carbocycles. The van der Waals surface area contributed by atoms with Gasteiger partial charge in [-0.2, -0.15) is 0 Å². The van der Waals surface area contributed by atoms with Gasteiger partial charge in [-0.1, -0.05) is 6.07 Å². The van der Waals surface area contributed by atoms with Crippen molar-refractivity contribution in [2.75, 3.05) is 40.5 Å². The van der Waals surface area contributed by atoms with E-state index < -0.39 is 16.7 Å². The molecule has 1 N–H and O–H groups in total. The zero-order valence-corrected chi connectivity index (χ0v) is 16.1. The van der Waals surface area contributed by atoms with E-state index >= 15 is 0 Å². The summed E-state index contributed by atoms with van der Waals surface area (Å²) in [7, 11) is 3.01. The van der Waals surface area contributed by atoms with Crippen molar-refractivity contribution in [3.8, 4) is 0 Å². The Morgan fingerprint density at radius 2 is 2.03 bits per heavy atom. The van der Waals surface area contributed by atoms with Gasteiger partial charge in [-0.25, -0.2) is 4.98 Å². The van der Waals surface area contributed by atoms with E-state index in [2.05, 4.69) is 10.3 Å². The second kappa shape index (κ2) is 10.9. The number of rotatable bonds is 11. The average Bonchev–Trinajstić information content (AvgIpc) is 3.19. The third-order valence-electron chi connectivity index (χ3n) is 3.86. The molecule has 0 saturated heterocycles. The van der Waals surface area contributed by atoms with E-state index in [0.717, 1.165) is 0 Å². The van der Waals surface area contributed by atoms with Gasteiger partial charge in [0.2, 0.25) is 5.89 Å². The Bertz CT molecular complexity index is 852. The normalized spacial score (nSPS) is 10.6. The van der Waals surface area contributed by atoms with Crippen LogP contribution in [0.4, 0.5) is 5.69 Å². The van der Waals surface area contributed by atoms with Gasteiger partial charge in [0.1, 0.15) is 6.26 Å². The van der Waals surface area contributed by atoms with Crippen LogP contribution in [0, 0.1) is 10.1 Å². The number of methoxy groups -OCH3 is 2. The zero-order valence-electron chi connectivity index (χ0n) is 16.1. The molecule has 1 aromatic heterocycles. The number of amides is 2. The molecule has 0 bridgehead atoms. The van der Waals surface area contributed by atoms with Crippen LogP contribution in [0.15, 0.2) is 34.9 Å². The maximum Gasteiger partial charge on any atom is 0.273 e. The van der Waals surface area contributed by atoms with Crippen LogP contribution in [0.1, 0.15) is 26.7 Å². The van der Waals surface area contributed by atoms with Gasteiger partial charge in [0.15, 0.2) is 5.69 Å². The molecule has 0 radical (unpaired) electrons. The first kappa shape index (κ1) is 22.0. The average molecular weight is 406 g/mol. The Balaban J connectivity index is 2.12. The molecule has 0 fully saturated rings. The topological polar surface area (TPSA) is 137 Å². The predicted octanol–water partition coefficient (Wildman–Crippen LogP) is 1.25. The number of nitro benzene ring substituents is 1. The van der Waals surface area contributed by atoms with Gasteiger partial charge in [0.05, 0.1) is 24.7 Å². The molecule has 156 valence electrons. The standard InChI is InChI=1S/C18H22N4O7/c1-27-8-6-19-17(23)15-12-29-16(20-15)11-21(7-9-28-2)18(24)13-4-3-5-14(10-13)22(25)26/h3-5,10,12H,6-9,11H2,1-2H3,(H,19,23). The predicted molar refractivity (Wildman–Crippen MR) is 100 cm³/mol. The fourth-order valence-electron chi connectivity index (χ4n) is 2.40. The molecular formula is C18H22N4O7. The highest BCUT2D eigenvalue weighted by atomic mass is 16.6. The quantitative estimate of drug-likeness (QED) is 0.334. The first-order chi connectivity index (χ1) is 14.0. The van der Waals surface area contributed by atoms with Crippen molar-refractivity contribution in [2.45, 2.75) is 6.54 Å². The molecule has 2 rings (SSSR count). The molecule has 1 heterocycles. The van der Waals surface area contributed by atoms with Crippen molar-refractivity contribution in [2.24, 2.45) is 0 Å². The summed E-state index contributed by atoms with van der Waals surface area (Å²) in [6.45, 7) is 1.10. The summed E-state index contributed by atoms with van der Waals surface area (Å²) in [5, 5.41) is 13.6. The minimum absolute atomic E-state index is 0.0315. The van der Waals surface area contributed by atoms with Crippen molar-refractivity contribution in [1.82, 2.24) is 15.2 Å². The minimum atomic E-state index is -0.571. The molecule has 0 saturated carbocycles. The summed E-state index contributed by atoms with van der Waals surface area (Å²) in [5.41, 5.74) is 0.0404. The summed E-state index contributed by atoms with van der Waals surface area (Å²) in [5.74, 6) is -0.725. The third-order valence-corrected chi connectivity index (χ3v) is 3.86. The van der Waals surface area contributed by atoms with Crippen molar-refractivity contribution in [1.29, 1.82) is 0 Å². The van der Waals surface area contributed by atoms with Gasteiger partial charge in [0, 0.05) is 45.0 Å². The molecule has 0 spiro atoms. The molecule has 0 aliphatic rings. The fraction of sp³-hybridized carbons (Fsp3) is 0.389. The second-order valence-corrected chi connectivity index (χ2v) is 5.90. The molecule has 2 amide bonds. The number of non-ortho nitro benzene ring substituents is 1. The van der Waals surface area contributed by atoms with Crippen LogP contribution < -0.4 is 5.32 Å². The second-order valence-electron chi connectivity index (χ2n) is 5.90. The lowest BCUT2D eigenvalue weighted by Crippen LogP contribution is -2.33. The first-order valence-corrected chi connectivity index (χ1v) is 8.70. The van der Waals surface area contributed by atoms with Crippen LogP contribution in [0.5, 0.6) is 0 Å². The van der Waals surface area contributed by atoms with E-state index in [-0.39, 0.29) is 42.5 Å². The molecule has 0 unspecified atom stereocenters. The lowest BCUT2D eigenvalue weighted by Gasteiger charge is -2.20. The van der Waals surface area contributed by atoms with Crippen LogP contribution in [-0.4, -0.2) is 67.1 Å². The van der Waals surface area contributed by atoms with Crippen molar-refractivity contribution in [3.63, 3.8) is 0 Å². The Labute approximate surface area is 166 Å². The third kappa shape index (κ3) is 6.36. The van der Waals surface area contributed by atoms with Gasteiger partial charge in [-0.15, -0.1) is 0 Å². The van der Waals surface area contributed by atoms with Gasteiger partial charge in [-0.05, 0) is 6.07 Å². The van der Waals surface area contributed by atoms with Gasteiger partial charge in [0.25, 0.3) is 17.5 Å². The molecule has 11 heteroatoms. The fourth-order valence-corrected chi connectivity index (χ4v) is 2.40. The summed E-state index contributed by atoms with van der Waals surface area (Å²) in [6.07, 6.45) is 1.20. The largest absolute Gasteiger partial charge is 0.446 e. The number of hydrogen-bond acceptors (Lipinski definition) is 8. The van der Waals surface area contributed by atoms with E-state index in [1.54, 1.807) is 0 Å². The number of benzene rings is 1. The number of oxazole rings is 1. The van der Waals surface area contributed by atoms with E-state index in [1.807, 2.05) is 0 Å². The summed E-state index contributed by atoms with van der Waals surface area (Å²) in [6, 6.07) is 5.43. The van der Waals surface area contributed by atoms with Gasteiger partial charge in [-0.3, -0.25) is 19.7 Å². The molecule has 11 nitrogen and oxygen atoms in total. The van der Waals surface area contributed by atoms with Crippen LogP contribution in [0.2, 0.25) is 0 Å². The zero-order chi connectivity index (χ0) is 21.2. The van der Waals surface area contributed by atoms with Crippen LogP contribution >= 0.6 is 0 Å². The molecule has 2 aromatic rings. The lowest BCUT2D eigenvalue weighted by molar-refractivity contribution is -0.384. The minimum Gasteiger partial charge on any atom is -0.446 e. The number of nitrogens with one attached hydrogen (secondary N) is 1. The maximum absolute atomic E-state index is 12.8. The Kier molecular flexibility index (Phi) is 8.25. The van der Waals surface area contributed by atoms with E-state index in [1.165, 1.54) is 49.6 Å². The molecule has 0 atom stereocenters. The smallest absolute Gasteiger partial charge is 0.273 e. The number of nitro groups is 1. The van der Waals surface area contributed by atoms with Gasteiger partial charge < -0.3 is 24.1 Å². The Hall–Kier alpha value is -3.31. The summed E-state index contributed by atoms with van der Waals surface area (Å²) >= 11 is 0. The molecule has 0 aliphatic carbocycles. The van der Waals surface area contributed by atoms with Crippen molar-refractivity contribution in [3.05, 3.63) is 57.8 Å². The van der Waals surface area contributed by atoms with Gasteiger partial charge >= 0.3 is 0 Å². The van der Waals surface area contributed by atoms with Crippen LogP contribution in [0.25, 0.3) is 0 Å². The highest BCUT2D eigenvalue weighted by molar-refractivity contribution is 5.95. The molecule has 0 aliphatic heterocycles. The van der Waals surface area contributed by atoms with E-state index in [4.69, 9.17) is 13.9 Å². The number of carbonyl (C=O) groups excluding carboxylic acids is 2. The molecular weight excluding hydrogens is 384 g/mol. The Morgan fingerprint density at radius 1 is 1.28 bits per heavy atom. The lowest BCUT2D eigenvalue weighted by atomic mass is 10.1. The molecule has 29 heavy (non-hydrogen) atoms. The van der Waals surface area contributed by atoms with E-state index in [0.29, 0.717) is 13.2 Å². The van der Waals surface area contributed by atoms with Crippen LogP contribution in [-0.2, 0) is 16.0 Å². The highest BCUT2D eigenvalue weighted by Gasteiger charge is 2.21. The van der Waals surface area contributed by atoms with Crippen molar-refractivity contribution >= 4 is 17.5 Å². The Morgan fingerprint density at radius 3 is 2.72 bits per heavy atom.